The number of fused-ring (bicyclic) bond motifs is 1. The van der Waals surface area contributed by atoms with E-state index in [0.717, 1.165) is 15.1 Å². The van der Waals surface area contributed by atoms with Gasteiger partial charge in [-0.15, -0.1) is 11.8 Å². The minimum atomic E-state index is -0.746. The van der Waals surface area contributed by atoms with Gasteiger partial charge in [0, 0.05) is 26.3 Å². The Bertz CT molecular complexity index is 424. The fourth-order valence-corrected chi connectivity index (χ4v) is 3.49. The van der Waals surface area contributed by atoms with Crippen molar-refractivity contribution in [1.82, 2.24) is 0 Å². The standard InChI is InChI=1S/C11H12BrNO2S/c1-6-9(5-11(14)15)16-10-4-7(12)2-3-8(10)13-6/h2-4,6,9,13H,5H2,1H3,(H,14,15). The summed E-state index contributed by atoms with van der Waals surface area (Å²) in [6.45, 7) is 2.02. The highest BCUT2D eigenvalue weighted by Gasteiger charge is 2.27. The summed E-state index contributed by atoms with van der Waals surface area (Å²) < 4.78 is 1.02. The Morgan fingerprint density at radius 1 is 1.62 bits per heavy atom. The number of anilines is 1. The van der Waals surface area contributed by atoms with Gasteiger partial charge in [0.15, 0.2) is 0 Å². The van der Waals surface area contributed by atoms with Crippen molar-refractivity contribution in [3.8, 4) is 0 Å². The SMILES string of the molecule is CC1Nc2ccc(Br)cc2SC1CC(=O)O. The van der Waals surface area contributed by atoms with Gasteiger partial charge in [-0.1, -0.05) is 15.9 Å². The lowest BCUT2D eigenvalue weighted by atomic mass is 10.1. The first kappa shape index (κ1) is 11.8. The first-order valence-electron chi connectivity index (χ1n) is 5.01. The number of benzene rings is 1. The highest BCUT2D eigenvalue weighted by Crippen LogP contribution is 2.40. The predicted octanol–water partition coefficient (Wildman–Crippen LogP) is 3.20. The zero-order chi connectivity index (χ0) is 11.7. The van der Waals surface area contributed by atoms with Gasteiger partial charge in [0.25, 0.3) is 0 Å². The number of nitrogens with one attached hydrogen (secondary N) is 1. The number of hydrogen-bond donors (Lipinski definition) is 2. The average Bonchev–Trinajstić information content (AvgIpc) is 2.19. The van der Waals surface area contributed by atoms with Crippen LogP contribution in [0.15, 0.2) is 27.6 Å². The molecule has 2 rings (SSSR count). The number of carboxylic acids is 1. The maximum atomic E-state index is 10.7. The van der Waals surface area contributed by atoms with E-state index in [0.29, 0.717) is 0 Å². The summed E-state index contributed by atoms with van der Waals surface area (Å²) in [5.41, 5.74) is 1.09. The minimum absolute atomic E-state index is 0.0827. The zero-order valence-corrected chi connectivity index (χ0v) is 11.1. The Balaban J connectivity index is 2.22. The van der Waals surface area contributed by atoms with Gasteiger partial charge in [-0.2, -0.15) is 0 Å². The van der Waals surface area contributed by atoms with Crippen molar-refractivity contribution in [2.24, 2.45) is 0 Å². The molecule has 0 spiro atoms. The number of hydrogen-bond acceptors (Lipinski definition) is 3. The second-order valence-corrected chi connectivity index (χ2v) is 6.02. The molecule has 0 aliphatic carbocycles. The van der Waals surface area contributed by atoms with Gasteiger partial charge in [0.05, 0.1) is 6.42 Å². The highest BCUT2D eigenvalue weighted by atomic mass is 79.9. The molecule has 86 valence electrons. The Morgan fingerprint density at radius 3 is 3.06 bits per heavy atom. The molecule has 1 aromatic rings. The molecule has 2 atom stereocenters. The van der Waals surface area contributed by atoms with Gasteiger partial charge in [-0.05, 0) is 25.1 Å². The van der Waals surface area contributed by atoms with Crippen LogP contribution in [0.4, 0.5) is 5.69 Å². The van der Waals surface area contributed by atoms with E-state index in [2.05, 4.69) is 21.2 Å². The van der Waals surface area contributed by atoms with Crippen molar-refractivity contribution in [3.05, 3.63) is 22.7 Å². The molecular weight excluding hydrogens is 290 g/mol. The van der Waals surface area contributed by atoms with Crippen LogP contribution in [0.25, 0.3) is 0 Å². The largest absolute Gasteiger partial charge is 0.481 e. The molecule has 3 nitrogen and oxygen atoms in total. The van der Waals surface area contributed by atoms with E-state index in [1.807, 2.05) is 25.1 Å². The first-order valence-corrected chi connectivity index (χ1v) is 6.68. The Labute approximate surface area is 107 Å². The average molecular weight is 302 g/mol. The monoisotopic (exact) mass is 301 g/mol. The van der Waals surface area contributed by atoms with E-state index in [4.69, 9.17) is 5.11 Å². The molecular formula is C11H12BrNO2S. The van der Waals surface area contributed by atoms with Crippen LogP contribution in [-0.4, -0.2) is 22.4 Å². The molecule has 0 saturated carbocycles. The maximum Gasteiger partial charge on any atom is 0.304 e. The van der Waals surface area contributed by atoms with Gasteiger partial charge >= 0.3 is 5.97 Å². The number of rotatable bonds is 2. The molecule has 1 aromatic carbocycles. The van der Waals surface area contributed by atoms with Gasteiger partial charge in [0.1, 0.15) is 0 Å². The van der Waals surface area contributed by atoms with Crippen LogP contribution >= 0.6 is 27.7 Å². The second-order valence-electron chi connectivity index (χ2n) is 3.83. The fourth-order valence-electron chi connectivity index (χ4n) is 1.71. The number of thioether (sulfide) groups is 1. The normalized spacial score (nSPS) is 23.4. The molecule has 1 heterocycles. The quantitative estimate of drug-likeness (QED) is 0.881. The predicted molar refractivity (Wildman–Crippen MR) is 69.1 cm³/mol. The van der Waals surface area contributed by atoms with Crippen molar-refractivity contribution >= 4 is 39.3 Å². The van der Waals surface area contributed by atoms with Crippen molar-refractivity contribution in [2.75, 3.05) is 5.32 Å². The van der Waals surface area contributed by atoms with Crippen molar-refractivity contribution < 1.29 is 9.90 Å². The molecule has 16 heavy (non-hydrogen) atoms. The summed E-state index contributed by atoms with van der Waals surface area (Å²) in [6.07, 6.45) is 0.185. The van der Waals surface area contributed by atoms with Gasteiger partial charge in [0.2, 0.25) is 0 Å². The number of carbonyl (C=O) groups is 1. The first-order chi connectivity index (χ1) is 7.56. The smallest absolute Gasteiger partial charge is 0.304 e. The minimum Gasteiger partial charge on any atom is -0.481 e. The molecule has 0 amide bonds. The Morgan fingerprint density at radius 2 is 2.38 bits per heavy atom. The topological polar surface area (TPSA) is 49.3 Å². The van der Waals surface area contributed by atoms with Crippen molar-refractivity contribution in [3.63, 3.8) is 0 Å². The van der Waals surface area contributed by atoms with Gasteiger partial charge < -0.3 is 10.4 Å². The van der Waals surface area contributed by atoms with Crippen LogP contribution in [0.1, 0.15) is 13.3 Å². The molecule has 0 saturated heterocycles. The summed E-state index contributed by atoms with van der Waals surface area (Å²) in [7, 11) is 0. The fraction of sp³-hybridized carbons (Fsp3) is 0.364. The van der Waals surface area contributed by atoms with E-state index in [9.17, 15) is 4.79 Å². The van der Waals surface area contributed by atoms with Crippen LogP contribution in [-0.2, 0) is 4.79 Å². The molecule has 1 aliphatic rings. The zero-order valence-electron chi connectivity index (χ0n) is 8.74. The van der Waals surface area contributed by atoms with E-state index >= 15 is 0 Å². The third-order valence-electron chi connectivity index (χ3n) is 2.54. The van der Waals surface area contributed by atoms with Crippen LogP contribution in [0.3, 0.4) is 0 Å². The second kappa shape index (κ2) is 4.67. The molecule has 0 bridgehead atoms. The van der Waals surface area contributed by atoms with Gasteiger partial charge in [-0.25, -0.2) is 0 Å². The van der Waals surface area contributed by atoms with Gasteiger partial charge in [-0.3, -0.25) is 4.79 Å². The van der Waals surface area contributed by atoms with Crippen molar-refractivity contribution in [1.29, 1.82) is 0 Å². The molecule has 5 heteroatoms. The third-order valence-corrected chi connectivity index (χ3v) is 4.50. The summed E-state index contributed by atoms with van der Waals surface area (Å²) in [5, 5.41) is 12.3. The Kier molecular flexibility index (Phi) is 3.44. The lowest BCUT2D eigenvalue weighted by Gasteiger charge is -2.31. The van der Waals surface area contributed by atoms with Crippen LogP contribution < -0.4 is 5.32 Å². The van der Waals surface area contributed by atoms with E-state index in [-0.39, 0.29) is 17.7 Å². The highest BCUT2D eigenvalue weighted by molar-refractivity contribution is 9.10. The van der Waals surface area contributed by atoms with E-state index in [1.54, 1.807) is 11.8 Å². The molecule has 0 radical (unpaired) electrons. The molecule has 0 fully saturated rings. The van der Waals surface area contributed by atoms with Crippen LogP contribution in [0.5, 0.6) is 0 Å². The molecule has 2 unspecified atom stereocenters. The van der Waals surface area contributed by atoms with Crippen LogP contribution in [0, 0.1) is 0 Å². The number of halogens is 1. The molecule has 2 N–H and O–H groups in total. The van der Waals surface area contributed by atoms with E-state index in [1.165, 1.54) is 0 Å². The summed E-state index contributed by atoms with van der Waals surface area (Å²) in [6, 6.07) is 6.19. The summed E-state index contributed by atoms with van der Waals surface area (Å²) >= 11 is 5.05. The molecule has 1 aliphatic heterocycles. The Hall–Kier alpha value is -0.680. The maximum absolute atomic E-state index is 10.7. The lowest BCUT2D eigenvalue weighted by molar-refractivity contribution is -0.137. The molecule has 0 aromatic heterocycles. The lowest BCUT2D eigenvalue weighted by Crippen LogP contribution is -2.33. The summed E-state index contributed by atoms with van der Waals surface area (Å²) in [5.74, 6) is -0.746. The summed E-state index contributed by atoms with van der Waals surface area (Å²) in [4.78, 5) is 11.9. The van der Waals surface area contributed by atoms with E-state index < -0.39 is 5.97 Å². The number of aliphatic carboxylic acids is 1. The van der Waals surface area contributed by atoms with Crippen LogP contribution in [0.2, 0.25) is 0 Å². The number of carboxylic acid groups (broad SMARTS) is 1. The van der Waals surface area contributed by atoms with Crippen molar-refractivity contribution in [2.45, 2.75) is 29.5 Å². The third kappa shape index (κ3) is 2.52.